The van der Waals surface area contributed by atoms with Gasteiger partial charge >= 0.3 is 0 Å². The van der Waals surface area contributed by atoms with Crippen LogP contribution in [-0.4, -0.2) is 6.54 Å². The van der Waals surface area contributed by atoms with Gasteiger partial charge in [-0.15, -0.1) is 0 Å². The van der Waals surface area contributed by atoms with Crippen molar-refractivity contribution in [2.75, 3.05) is 6.54 Å². The van der Waals surface area contributed by atoms with E-state index in [-0.39, 0.29) is 5.82 Å². The van der Waals surface area contributed by atoms with Crippen molar-refractivity contribution in [3.63, 3.8) is 0 Å². The first-order valence-electron chi connectivity index (χ1n) is 6.05. The minimum absolute atomic E-state index is 0.338. The van der Waals surface area contributed by atoms with Crippen molar-refractivity contribution in [2.24, 2.45) is 0 Å². The van der Waals surface area contributed by atoms with Crippen molar-refractivity contribution in [1.82, 2.24) is 5.32 Å². The van der Waals surface area contributed by atoms with Gasteiger partial charge < -0.3 is 5.32 Å². The van der Waals surface area contributed by atoms with Gasteiger partial charge in [0.1, 0.15) is 11.6 Å². The minimum Gasteiger partial charge on any atom is -0.306 e. The van der Waals surface area contributed by atoms with Crippen molar-refractivity contribution >= 4 is 11.6 Å². The lowest BCUT2D eigenvalue weighted by Crippen LogP contribution is -2.23. The fourth-order valence-corrected chi connectivity index (χ4v) is 2.19. The predicted molar refractivity (Wildman–Crippen MR) is 73.3 cm³/mol. The second-order valence-electron chi connectivity index (χ2n) is 4.21. The van der Waals surface area contributed by atoms with E-state index in [0.29, 0.717) is 22.7 Å². The molecule has 0 fully saturated rings. The summed E-state index contributed by atoms with van der Waals surface area (Å²) < 4.78 is 27.3. The number of rotatable bonds is 4. The summed E-state index contributed by atoms with van der Waals surface area (Å²) in [5.74, 6) is -0.738. The van der Waals surface area contributed by atoms with E-state index in [1.807, 2.05) is 6.92 Å². The van der Waals surface area contributed by atoms with Gasteiger partial charge in [-0.25, -0.2) is 8.78 Å². The summed E-state index contributed by atoms with van der Waals surface area (Å²) >= 11 is 5.75. The maximum Gasteiger partial charge on any atom is 0.129 e. The van der Waals surface area contributed by atoms with Gasteiger partial charge in [0.15, 0.2) is 0 Å². The van der Waals surface area contributed by atoms with Crippen LogP contribution in [0.3, 0.4) is 0 Å². The fraction of sp³-hybridized carbons (Fsp3) is 0.200. The third-order valence-corrected chi connectivity index (χ3v) is 3.10. The van der Waals surface area contributed by atoms with Crippen LogP contribution in [0.4, 0.5) is 8.78 Å². The van der Waals surface area contributed by atoms with Crippen LogP contribution in [0.15, 0.2) is 42.5 Å². The van der Waals surface area contributed by atoms with E-state index >= 15 is 0 Å². The van der Waals surface area contributed by atoms with Crippen LogP contribution < -0.4 is 5.32 Å². The molecule has 0 saturated heterocycles. The quantitative estimate of drug-likeness (QED) is 0.880. The molecule has 0 bridgehead atoms. The highest BCUT2D eigenvalue weighted by molar-refractivity contribution is 6.30. The molecule has 0 saturated carbocycles. The molecule has 2 aromatic rings. The standard InChI is InChI=1S/C15H14ClF2N/c1-2-19-15(10-4-3-5-12(17)8-10)13-7-6-11(16)9-14(13)18/h3-9,15,19H,2H2,1H3. The summed E-state index contributed by atoms with van der Waals surface area (Å²) in [6.45, 7) is 2.56. The molecule has 0 amide bonds. The summed E-state index contributed by atoms with van der Waals surface area (Å²) in [6.07, 6.45) is 0. The smallest absolute Gasteiger partial charge is 0.129 e. The molecule has 4 heteroatoms. The number of nitrogens with one attached hydrogen (secondary N) is 1. The topological polar surface area (TPSA) is 12.0 Å². The summed E-state index contributed by atoms with van der Waals surface area (Å²) in [4.78, 5) is 0. The number of benzene rings is 2. The lowest BCUT2D eigenvalue weighted by Gasteiger charge is -2.19. The molecule has 0 spiro atoms. The SMILES string of the molecule is CCNC(c1cccc(F)c1)c1ccc(Cl)cc1F. The molecule has 1 unspecified atom stereocenters. The van der Waals surface area contributed by atoms with Crippen LogP contribution in [0.25, 0.3) is 0 Å². The predicted octanol–water partition coefficient (Wildman–Crippen LogP) is 4.32. The molecule has 100 valence electrons. The molecule has 0 aromatic heterocycles. The molecule has 0 aliphatic rings. The molecule has 2 aromatic carbocycles. The highest BCUT2D eigenvalue weighted by Crippen LogP contribution is 2.26. The fourth-order valence-electron chi connectivity index (χ4n) is 2.03. The van der Waals surface area contributed by atoms with E-state index in [1.165, 1.54) is 18.2 Å². The molecular formula is C15H14ClF2N. The average molecular weight is 282 g/mol. The van der Waals surface area contributed by atoms with E-state index in [4.69, 9.17) is 11.6 Å². The minimum atomic E-state index is -0.400. The molecule has 1 nitrogen and oxygen atoms in total. The Hall–Kier alpha value is -1.45. The molecule has 0 heterocycles. The Morgan fingerprint density at radius 3 is 2.58 bits per heavy atom. The zero-order valence-electron chi connectivity index (χ0n) is 10.5. The van der Waals surface area contributed by atoms with Gasteiger partial charge in [0.25, 0.3) is 0 Å². The third-order valence-electron chi connectivity index (χ3n) is 2.86. The molecule has 1 atom stereocenters. The first-order chi connectivity index (χ1) is 9.11. The number of hydrogen-bond acceptors (Lipinski definition) is 1. The Morgan fingerprint density at radius 1 is 1.16 bits per heavy atom. The van der Waals surface area contributed by atoms with Crippen LogP contribution in [-0.2, 0) is 0 Å². The monoisotopic (exact) mass is 281 g/mol. The Kier molecular flexibility index (Phi) is 4.51. The average Bonchev–Trinajstić information content (AvgIpc) is 2.37. The zero-order chi connectivity index (χ0) is 13.8. The van der Waals surface area contributed by atoms with E-state index in [9.17, 15) is 8.78 Å². The Labute approximate surface area is 116 Å². The molecule has 2 rings (SSSR count). The summed E-state index contributed by atoms with van der Waals surface area (Å²) in [5.41, 5.74) is 1.14. The number of halogens is 3. The highest BCUT2D eigenvalue weighted by atomic mass is 35.5. The summed E-state index contributed by atoms with van der Waals surface area (Å²) in [6, 6.07) is 10.3. The normalized spacial score (nSPS) is 12.4. The van der Waals surface area contributed by atoms with Crippen molar-refractivity contribution in [1.29, 1.82) is 0 Å². The van der Waals surface area contributed by atoms with Crippen molar-refractivity contribution in [3.8, 4) is 0 Å². The third kappa shape index (κ3) is 3.31. The van der Waals surface area contributed by atoms with Crippen LogP contribution in [0.5, 0.6) is 0 Å². The molecule has 0 aliphatic carbocycles. The lowest BCUT2D eigenvalue weighted by molar-refractivity contribution is 0.554. The highest BCUT2D eigenvalue weighted by Gasteiger charge is 2.17. The summed E-state index contributed by atoms with van der Waals surface area (Å²) in [5, 5.41) is 3.50. The van der Waals surface area contributed by atoms with E-state index < -0.39 is 11.9 Å². The lowest BCUT2D eigenvalue weighted by atomic mass is 9.98. The van der Waals surface area contributed by atoms with E-state index in [2.05, 4.69) is 5.32 Å². The Bertz CT molecular complexity index is 572. The molecule has 0 radical (unpaired) electrons. The number of hydrogen-bond donors (Lipinski definition) is 1. The second kappa shape index (κ2) is 6.13. The second-order valence-corrected chi connectivity index (χ2v) is 4.65. The van der Waals surface area contributed by atoms with Gasteiger partial charge in [0, 0.05) is 10.6 Å². The van der Waals surface area contributed by atoms with Crippen LogP contribution in [0, 0.1) is 11.6 Å². The van der Waals surface area contributed by atoms with Gasteiger partial charge in [-0.05, 0) is 36.4 Å². The maximum atomic E-state index is 14.0. The van der Waals surface area contributed by atoms with Crippen molar-refractivity contribution < 1.29 is 8.78 Å². The van der Waals surface area contributed by atoms with Crippen LogP contribution >= 0.6 is 11.6 Å². The van der Waals surface area contributed by atoms with E-state index in [0.717, 1.165) is 0 Å². The first-order valence-corrected chi connectivity index (χ1v) is 6.43. The Balaban J connectivity index is 2.45. The zero-order valence-corrected chi connectivity index (χ0v) is 11.2. The van der Waals surface area contributed by atoms with Crippen molar-refractivity contribution in [2.45, 2.75) is 13.0 Å². The first kappa shape index (κ1) is 14.0. The van der Waals surface area contributed by atoms with Crippen molar-refractivity contribution in [3.05, 3.63) is 70.2 Å². The molecule has 1 N–H and O–H groups in total. The van der Waals surface area contributed by atoms with Gasteiger partial charge in [-0.1, -0.05) is 36.7 Å². The van der Waals surface area contributed by atoms with Gasteiger partial charge in [-0.3, -0.25) is 0 Å². The summed E-state index contributed by atoms with van der Waals surface area (Å²) in [7, 11) is 0. The Morgan fingerprint density at radius 2 is 1.95 bits per heavy atom. The molecular weight excluding hydrogens is 268 g/mol. The van der Waals surface area contributed by atoms with Crippen LogP contribution in [0.1, 0.15) is 24.1 Å². The maximum absolute atomic E-state index is 14.0. The van der Waals surface area contributed by atoms with Gasteiger partial charge in [-0.2, -0.15) is 0 Å². The largest absolute Gasteiger partial charge is 0.306 e. The van der Waals surface area contributed by atoms with E-state index in [1.54, 1.807) is 24.3 Å². The molecule has 0 aliphatic heterocycles. The van der Waals surface area contributed by atoms with Crippen LogP contribution in [0.2, 0.25) is 5.02 Å². The van der Waals surface area contributed by atoms with Gasteiger partial charge in [0.05, 0.1) is 6.04 Å². The molecule has 19 heavy (non-hydrogen) atoms. The van der Waals surface area contributed by atoms with Gasteiger partial charge in [0.2, 0.25) is 0 Å².